The van der Waals surface area contributed by atoms with Gasteiger partial charge in [-0.05, 0) is 17.0 Å². The molecule has 4 heteroatoms. The van der Waals surface area contributed by atoms with E-state index in [1.54, 1.807) is 0 Å². The van der Waals surface area contributed by atoms with Crippen LogP contribution in [0.4, 0.5) is 0 Å². The summed E-state index contributed by atoms with van der Waals surface area (Å²) in [5.74, 6) is 0. The van der Waals surface area contributed by atoms with Gasteiger partial charge in [0.1, 0.15) is 24.4 Å². The molecule has 6 rings (SSSR count). The molecule has 4 atom stereocenters. The van der Waals surface area contributed by atoms with Crippen molar-refractivity contribution < 1.29 is 14.9 Å². The van der Waals surface area contributed by atoms with Crippen molar-refractivity contribution in [2.75, 3.05) is 0 Å². The molecular formula is C21H15NO3. The molecule has 2 heterocycles. The molecule has 2 aliphatic rings. The topological polar surface area (TPSA) is 65.9 Å². The zero-order valence-corrected chi connectivity index (χ0v) is 13.3. The maximum atomic E-state index is 10.4. The molecule has 1 aliphatic carbocycles. The minimum Gasteiger partial charge on any atom is -0.387 e. The standard InChI is InChI=1S/C21H15NO3/c23-18-14-8-7-12-9-11-6-5-10-3-1-2-4-13(10)16(11)22-17(12)15(14)20-21(25-20)19(18)24/h1-9,18-21,23-24H/t18-,19+,20+,21-/m0/s1. The van der Waals surface area contributed by atoms with Crippen molar-refractivity contribution in [3.63, 3.8) is 0 Å². The number of benzene rings is 3. The number of aromatic nitrogens is 1. The zero-order chi connectivity index (χ0) is 16.7. The van der Waals surface area contributed by atoms with E-state index in [9.17, 15) is 10.2 Å². The quantitative estimate of drug-likeness (QED) is 0.295. The maximum Gasteiger partial charge on any atom is 0.118 e. The molecule has 0 radical (unpaired) electrons. The number of fused-ring (bicyclic) bond motifs is 8. The summed E-state index contributed by atoms with van der Waals surface area (Å²) < 4.78 is 5.64. The lowest BCUT2D eigenvalue weighted by Crippen LogP contribution is -2.29. The second kappa shape index (κ2) is 4.55. The van der Waals surface area contributed by atoms with Crippen molar-refractivity contribution >= 4 is 32.6 Å². The summed E-state index contributed by atoms with van der Waals surface area (Å²) in [5, 5.41) is 24.9. The average molecular weight is 329 g/mol. The number of rotatable bonds is 0. The number of ether oxygens (including phenoxy) is 1. The van der Waals surface area contributed by atoms with Gasteiger partial charge in [-0.15, -0.1) is 0 Å². The van der Waals surface area contributed by atoms with Gasteiger partial charge in [0.25, 0.3) is 0 Å². The fourth-order valence-electron chi connectivity index (χ4n) is 4.21. The highest BCUT2D eigenvalue weighted by Crippen LogP contribution is 2.52. The van der Waals surface area contributed by atoms with Crippen LogP contribution in [0.25, 0.3) is 32.6 Å². The minimum absolute atomic E-state index is 0.169. The van der Waals surface area contributed by atoms with E-state index in [0.717, 1.165) is 43.7 Å². The van der Waals surface area contributed by atoms with Crippen LogP contribution >= 0.6 is 0 Å². The van der Waals surface area contributed by atoms with Crippen molar-refractivity contribution in [3.05, 3.63) is 65.7 Å². The Balaban J connectivity index is 1.75. The summed E-state index contributed by atoms with van der Waals surface area (Å²) in [7, 11) is 0. The molecule has 0 bridgehead atoms. The number of epoxide rings is 1. The normalized spacial score (nSPS) is 27.4. The smallest absolute Gasteiger partial charge is 0.118 e. The molecule has 0 amide bonds. The first kappa shape index (κ1) is 13.7. The molecule has 1 saturated heterocycles. The third-order valence-corrected chi connectivity index (χ3v) is 5.54. The van der Waals surface area contributed by atoms with Crippen LogP contribution in [0.1, 0.15) is 23.3 Å². The molecule has 2 N–H and O–H groups in total. The monoisotopic (exact) mass is 329 g/mol. The number of hydrogen-bond donors (Lipinski definition) is 2. The Hall–Kier alpha value is -2.53. The second-order valence-electron chi connectivity index (χ2n) is 6.94. The van der Waals surface area contributed by atoms with Gasteiger partial charge in [0.05, 0.1) is 11.0 Å². The van der Waals surface area contributed by atoms with E-state index in [1.165, 1.54) is 0 Å². The van der Waals surface area contributed by atoms with Crippen molar-refractivity contribution in [1.82, 2.24) is 4.98 Å². The van der Waals surface area contributed by atoms with Crippen LogP contribution in [-0.4, -0.2) is 27.4 Å². The van der Waals surface area contributed by atoms with Crippen molar-refractivity contribution in [3.8, 4) is 0 Å². The molecule has 0 saturated carbocycles. The predicted molar refractivity (Wildman–Crippen MR) is 95.3 cm³/mol. The molecule has 25 heavy (non-hydrogen) atoms. The molecule has 1 aromatic heterocycles. The minimum atomic E-state index is -0.923. The van der Waals surface area contributed by atoms with E-state index in [4.69, 9.17) is 9.72 Å². The highest BCUT2D eigenvalue weighted by molar-refractivity contribution is 6.08. The fourth-order valence-corrected chi connectivity index (χ4v) is 4.21. The van der Waals surface area contributed by atoms with Gasteiger partial charge in [-0.3, -0.25) is 0 Å². The third-order valence-electron chi connectivity index (χ3n) is 5.54. The zero-order valence-electron chi connectivity index (χ0n) is 13.3. The van der Waals surface area contributed by atoms with Crippen LogP contribution in [0.2, 0.25) is 0 Å². The largest absolute Gasteiger partial charge is 0.387 e. The Morgan fingerprint density at radius 3 is 2.52 bits per heavy atom. The van der Waals surface area contributed by atoms with E-state index in [1.807, 2.05) is 24.3 Å². The lowest BCUT2D eigenvalue weighted by molar-refractivity contribution is 0.0000942. The van der Waals surface area contributed by atoms with E-state index in [2.05, 4.69) is 30.3 Å². The molecule has 4 aromatic rings. The third kappa shape index (κ3) is 1.74. The number of pyridine rings is 1. The summed E-state index contributed by atoms with van der Waals surface area (Å²) in [4.78, 5) is 4.98. The van der Waals surface area contributed by atoms with Crippen LogP contribution < -0.4 is 0 Å². The highest BCUT2D eigenvalue weighted by Gasteiger charge is 2.54. The SMILES string of the molecule is O[C@H]1[C@@H]2O[C@@H]2c2c(ccc3cc4ccc5ccccc5c4nc23)[C@@H]1O. The van der Waals surface area contributed by atoms with Crippen LogP contribution in [0, 0.1) is 0 Å². The van der Waals surface area contributed by atoms with Crippen LogP contribution in [0.5, 0.6) is 0 Å². The number of hydrogen-bond acceptors (Lipinski definition) is 4. The van der Waals surface area contributed by atoms with Gasteiger partial charge in [0.2, 0.25) is 0 Å². The Morgan fingerprint density at radius 2 is 1.60 bits per heavy atom. The van der Waals surface area contributed by atoms with E-state index in [-0.39, 0.29) is 12.2 Å². The van der Waals surface area contributed by atoms with Crippen LogP contribution in [-0.2, 0) is 4.74 Å². The van der Waals surface area contributed by atoms with Crippen LogP contribution in [0.3, 0.4) is 0 Å². The average Bonchev–Trinajstić information content (AvgIpc) is 3.44. The molecule has 0 spiro atoms. The highest BCUT2D eigenvalue weighted by atomic mass is 16.6. The van der Waals surface area contributed by atoms with Gasteiger partial charge in [0.15, 0.2) is 0 Å². The Kier molecular flexibility index (Phi) is 2.50. The Morgan fingerprint density at radius 1 is 0.840 bits per heavy atom. The lowest BCUT2D eigenvalue weighted by atomic mass is 9.85. The second-order valence-corrected chi connectivity index (χ2v) is 6.94. The van der Waals surface area contributed by atoms with Gasteiger partial charge >= 0.3 is 0 Å². The number of aliphatic hydroxyl groups is 2. The van der Waals surface area contributed by atoms with Gasteiger partial charge < -0.3 is 14.9 Å². The number of nitrogens with zero attached hydrogens (tertiary/aromatic N) is 1. The first-order chi connectivity index (χ1) is 12.2. The maximum absolute atomic E-state index is 10.4. The fraction of sp³-hybridized carbons (Fsp3) is 0.190. The lowest BCUT2D eigenvalue weighted by Gasteiger charge is -2.24. The molecule has 1 aliphatic heterocycles. The van der Waals surface area contributed by atoms with E-state index < -0.39 is 12.2 Å². The molecule has 0 unspecified atom stereocenters. The molecule has 3 aromatic carbocycles. The molecule has 4 nitrogen and oxygen atoms in total. The van der Waals surface area contributed by atoms with Crippen molar-refractivity contribution in [2.24, 2.45) is 0 Å². The first-order valence-corrected chi connectivity index (χ1v) is 8.49. The van der Waals surface area contributed by atoms with Crippen molar-refractivity contribution in [1.29, 1.82) is 0 Å². The van der Waals surface area contributed by atoms with Gasteiger partial charge in [-0.2, -0.15) is 0 Å². The molecule has 122 valence electrons. The van der Waals surface area contributed by atoms with Gasteiger partial charge in [-0.25, -0.2) is 4.98 Å². The predicted octanol–water partition coefficient (Wildman–Crippen LogP) is 3.39. The first-order valence-electron chi connectivity index (χ1n) is 8.49. The summed E-state index contributed by atoms with van der Waals surface area (Å²) in [6.45, 7) is 0. The van der Waals surface area contributed by atoms with Crippen LogP contribution in [0.15, 0.2) is 54.6 Å². The Bertz CT molecular complexity index is 1190. The van der Waals surface area contributed by atoms with E-state index in [0.29, 0.717) is 0 Å². The van der Waals surface area contributed by atoms with E-state index >= 15 is 0 Å². The Labute approximate surface area is 143 Å². The van der Waals surface area contributed by atoms with Gasteiger partial charge in [-0.1, -0.05) is 48.5 Å². The van der Waals surface area contributed by atoms with Crippen molar-refractivity contribution in [2.45, 2.75) is 24.4 Å². The summed E-state index contributed by atoms with van der Waals surface area (Å²) >= 11 is 0. The summed E-state index contributed by atoms with van der Waals surface area (Å²) in [5.41, 5.74) is 3.47. The summed E-state index contributed by atoms with van der Waals surface area (Å²) in [6.07, 6.45) is -2.28. The van der Waals surface area contributed by atoms with Gasteiger partial charge in [0, 0.05) is 21.7 Å². The number of aliphatic hydroxyl groups excluding tert-OH is 2. The molecule has 1 fully saturated rings. The molecular weight excluding hydrogens is 314 g/mol. The summed E-state index contributed by atoms with van der Waals surface area (Å²) in [6, 6.07) is 18.4.